The Hall–Kier alpha value is -1.74. The van der Waals surface area contributed by atoms with Crippen molar-refractivity contribution in [2.75, 3.05) is 13.2 Å². The molecular formula is C38H68O8. The Morgan fingerprint density at radius 2 is 1.43 bits per heavy atom. The normalized spacial score (nSPS) is 21.4. The Bertz CT molecular complexity index is 826. The van der Waals surface area contributed by atoms with Crippen LogP contribution in [0.1, 0.15) is 149 Å². The zero-order chi connectivity index (χ0) is 34.0. The number of esters is 2. The van der Waals surface area contributed by atoms with Crippen LogP contribution in [0.2, 0.25) is 0 Å². The van der Waals surface area contributed by atoms with Crippen molar-refractivity contribution < 1.29 is 39.5 Å². The molecule has 0 unspecified atom stereocenters. The van der Waals surface area contributed by atoms with E-state index in [0.717, 1.165) is 44.4 Å². The molecule has 1 fully saturated rings. The molecule has 6 atom stereocenters. The van der Waals surface area contributed by atoms with Crippen molar-refractivity contribution in [2.24, 2.45) is 17.8 Å². The monoisotopic (exact) mass is 652 g/mol. The number of carbonyl (C=O) groups is 2. The third-order valence-corrected chi connectivity index (χ3v) is 9.00. The van der Waals surface area contributed by atoms with E-state index in [4.69, 9.17) is 9.47 Å². The van der Waals surface area contributed by atoms with Crippen LogP contribution in [0.3, 0.4) is 0 Å². The van der Waals surface area contributed by atoms with Crippen molar-refractivity contribution >= 4 is 11.9 Å². The van der Waals surface area contributed by atoms with E-state index >= 15 is 0 Å². The number of hydrogen-bond acceptors (Lipinski definition) is 8. The van der Waals surface area contributed by atoms with E-state index in [-0.39, 0.29) is 30.8 Å². The third kappa shape index (κ3) is 21.2. The molecule has 0 aliphatic heterocycles. The second-order valence-electron chi connectivity index (χ2n) is 13.8. The molecule has 0 bridgehead atoms. The zero-order valence-electron chi connectivity index (χ0n) is 29.3. The Labute approximate surface area is 280 Å². The summed E-state index contributed by atoms with van der Waals surface area (Å²) in [6, 6.07) is 0. The summed E-state index contributed by atoms with van der Waals surface area (Å²) >= 11 is 0. The van der Waals surface area contributed by atoms with Crippen LogP contribution in [-0.2, 0) is 19.1 Å². The molecule has 1 saturated carbocycles. The topological polar surface area (TPSA) is 134 Å². The average Bonchev–Trinajstić information content (AvgIpc) is 3.29. The van der Waals surface area contributed by atoms with E-state index in [9.17, 15) is 30.0 Å². The summed E-state index contributed by atoms with van der Waals surface area (Å²) < 4.78 is 10.5. The summed E-state index contributed by atoms with van der Waals surface area (Å²) in [5.74, 6) is -0.301. The Morgan fingerprint density at radius 1 is 0.804 bits per heavy atom. The van der Waals surface area contributed by atoms with Crippen LogP contribution in [0.25, 0.3) is 0 Å². The summed E-state index contributed by atoms with van der Waals surface area (Å²) in [4.78, 5) is 24.3. The van der Waals surface area contributed by atoms with Gasteiger partial charge < -0.3 is 29.9 Å². The molecule has 8 nitrogen and oxygen atoms in total. The van der Waals surface area contributed by atoms with Gasteiger partial charge in [-0.15, -0.1) is 0 Å². The number of aliphatic hydroxyl groups excluding tert-OH is 4. The number of allylic oxidation sites excluding steroid dienone is 2. The maximum absolute atomic E-state index is 12.2. The van der Waals surface area contributed by atoms with Gasteiger partial charge >= 0.3 is 11.9 Å². The largest absolute Gasteiger partial charge is 0.462 e. The lowest BCUT2D eigenvalue weighted by molar-refractivity contribution is -0.161. The van der Waals surface area contributed by atoms with Crippen LogP contribution in [0.5, 0.6) is 0 Å². The van der Waals surface area contributed by atoms with Gasteiger partial charge in [0.15, 0.2) is 6.10 Å². The first-order chi connectivity index (χ1) is 22.2. The van der Waals surface area contributed by atoms with Gasteiger partial charge in [0.1, 0.15) is 6.61 Å². The first-order valence-electron chi connectivity index (χ1n) is 18.5. The molecular weight excluding hydrogens is 584 g/mol. The molecule has 0 saturated heterocycles. The number of aliphatic hydroxyl groups is 4. The molecule has 0 amide bonds. The smallest absolute Gasteiger partial charge is 0.306 e. The van der Waals surface area contributed by atoms with E-state index in [1.165, 1.54) is 44.9 Å². The molecule has 0 aromatic rings. The standard InChI is InChI=1S/C38H68O8/c1-4-5-15-21-31(40)25-26-34-33(35(41)27-36(34)42)22-17-13-14-19-24-38(44)46-32(28-39)29-45-37(43)23-18-12-10-8-6-7-9-11-16-20-30(2)3/h13,17,25-26,30-36,39-42H,4-12,14-16,18-24,27-29H2,1-3H3/b17-13+,26-25+/t31-,32-,33+,34+,35-,36+/m0/s1. The highest BCUT2D eigenvalue weighted by atomic mass is 16.6. The van der Waals surface area contributed by atoms with Crippen molar-refractivity contribution in [1.29, 1.82) is 0 Å². The van der Waals surface area contributed by atoms with Crippen LogP contribution >= 0.6 is 0 Å². The van der Waals surface area contributed by atoms with Crippen molar-refractivity contribution in [1.82, 2.24) is 0 Å². The van der Waals surface area contributed by atoms with Gasteiger partial charge in [0, 0.05) is 25.2 Å². The predicted molar refractivity (Wildman–Crippen MR) is 184 cm³/mol. The molecule has 268 valence electrons. The third-order valence-electron chi connectivity index (χ3n) is 9.00. The number of unbranched alkanes of at least 4 members (excludes halogenated alkanes) is 11. The van der Waals surface area contributed by atoms with Crippen molar-refractivity contribution in [3.8, 4) is 0 Å². The van der Waals surface area contributed by atoms with Gasteiger partial charge in [0.05, 0.1) is 24.9 Å². The predicted octanol–water partition coefficient (Wildman–Crippen LogP) is 7.35. The van der Waals surface area contributed by atoms with Crippen molar-refractivity contribution in [2.45, 2.75) is 174 Å². The summed E-state index contributed by atoms with van der Waals surface area (Å²) in [7, 11) is 0. The molecule has 0 heterocycles. The molecule has 0 aromatic carbocycles. The lowest BCUT2D eigenvalue weighted by atomic mass is 9.89. The average molecular weight is 653 g/mol. The van der Waals surface area contributed by atoms with Crippen molar-refractivity contribution in [3.05, 3.63) is 24.3 Å². The van der Waals surface area contributed by atoms with Crippen molar-refractivity contribution in [3.63, 3.8) is 0 Å². The molecule has 1 aliphatic carbocycles. The molecule has 0 spiro atoms. The van der Waals surface area contributed by atoms with Gasteiger partial charge in [-0.25, -0.2) is 0 Å². The summed E-state index contributed by atoms with van der Waals surface area (Å²) in [6.45, 7) is 6.13. The maximum atomic E-state index is 12.2. The SMILES string of the molecule is CCCCC[C@H](O)/C=C/[C@@H]1[C@@H](C/C=C/CCCC(=O)O[C@@H](CO)COC(=O)CCCCCCCCCCCC(C)C)[C@@H](O)C[C@H]1O. The van der Waals surface area contributed by atoms with E-state index in [2.05, 4.69) is 20.8 Å². The number of carbonyl (C=O) groups excluding carboxylic acids is 2. The van der Waals surface area contributed by atoms with Crippen LogP contribution in [-0.4, -0.2) is 70.0 Å². The Balaban J connectivity index is 2.17. The first-order valence-corrected chi connectivity index (χ1v) is 18.5. The lowest BCUT2D eigenvalue weighted by Gasteiger charge is -2.19. The van der Waals surface area contributed by atoms with Gasteiger partial charge in [-0.2, -0.15) is 0 Å². The molecule has 0 aromatic heterocycles. The molecule has 4 N–H and O–H groups in total. The summed E-state index contributed by atoms with van der Waals surface area (Å²) in [5, 5.41) is 40.6. The minimum atomic E-state index is -0.863. The van der Waals surface area contributed by atoms with Crippen LogP contribution in [0, 0.1) is 17.8 Å². The van der Waals surface area contributed by atoms with Crippen LogP contribution in [0.15, 0.2) is 24.3 Å². The fourth-order valence-electron chi connectivity index (χ4n) is 6.08. The summed E-state index contributed by atoms with van der Waals surface area (Å²) in [6.07, 6.45) is 23.4. The van der Waals surface area contributed by atoms with Crippen LogP contribution in [0.4, 0.5) is 0 Å². The second kappa shape index (κ2) is 27.2. The Morgan fingerprint density at radius 3 is 2.09 bits per heavy atom. The van der Waals surface area contributed by atoms with Crippen LogP contribution < -0.4 is 0 Å². The van der Waals surface area contributed by atoms with Gasteiger partial charge in [0.2, 0.25) is 0 Å². The highest BCUT2D eigenvalue weighted by Crippen LogP contribution is 2.36. The van der Waals surface area contributed by atoms with Gasteiger partial charge in [-0.3, -0.25) is 9.59 Å². The van der Waals surface area contributed by atoms with E-state index in [1.54, 1.807) is 6.08 Å². The molecule has 8 heteroatoms. The quantitative estimate of drug-likeness (QED) is 0.0392. The van der Waals surface area contributed by atoms with E-state index < -0.39 is 37.0 Å². The highest BCUT2D eigenvalue weighted by Gasteiger charge is 2.39. The van der Waals surface area contributed by atoms with Gasteiger partial charge in [-0.1, -0.05) is 122 Å². The molecule has 46 heavy (non-hydrogen) atoms. The van der Waals surface area contributed by atoms with Gasteiger partial charge in [0.25, 0.3) is 0 Å². The molecule has 0 radical (unpaired) electrons. The minimum Gasteiger partial charge on any atom is -0.462 e. The second-order valence-corrected chi connectivity index (χ2v) is 13.8. The van der Waals surface area contributed by atoms with Gasteiger partial charge in [-0.05, 0) is 43.9 Å². The first kappa shape index (κ1) is 42.3. The minimum absolute atomic E-state index is 0.123. The number of ether oxygens (including phenoxy) is 2. The van der Waals surface area contributed by atoms with E-state index in [1.807, 2.05) is 18.2 Å². The Kier molecular flexibility index (Phi) is 25.0. The lowest BCUT2D eigenvalue weighted by Crippen LogP contribution is -2.28. The number of hydrogen-bond donors (Lipinski definition) is 4. The molecule has 1 rings (SSSR count). The zero-order valence-corrected chi connectivity index (χ0v) is 29.3. The summed E-state index contributed by atoms with van der Waals surface area (Å²) in [5.41, 5.74) is 0. The fourth-order valence-corrected chi connectivity index (χ4v) is 6.08. The molecule has 1 aliphatic rings. The maximum Gasteiger partial charge on any atom is 0.306 e. The number of rotatable bonds is 28. The highest BCUT2D eigenvalue weighted by molar-refractivity contribution is 5.70. The van der Waals surface area contributed by atoms with E-state index in [0.29, 0.717) is 38.5 Å². The fraction of sp³-hybridized carbons (Fsp3) is 0.842.